The van der Waals surface area contributed by atoms with Gasteiger partial charge in [-0.05, 0) is 64.4 Å². The number of hydrogen-bond acceptors (Lipinski definition) is 5. The predicted molar refractivity (Wildman–Crippen MR) is 153 cm³/mol. The lowest BCUT2D eigenvalue weighted by atomic mass is 10.0. The minimum Gasteiger partial charge on any atom is -0.484 e. The zero-order valence-corrected chi connectivity index (χ0v) is 21.5. The average molecular weight is 535 g/mol. The molecule has 5 rings (SSSR count). The molecule has 0 aromatic heterocycles. The van der Waals surface area contributed by atoms with Crippen LogP contribution in [0.15, 0.2) is 120 Å². The van der Waals surface area contributed by atoms with Crippen LogP contribution >= 0.6 is 11.6 Å². The van der Waals surface area contributed by atoms with Gasteiger partial charge < -0.3 is 9.47 Å². The number of nitrogens with zero attached hydrogens (tertiary/aromatic N) is 1. The van der Waals surface area contributed by atoms with E-state index in [9.17, 15) is 9.59 Å². The smallest absolute Gasteiger partial charge is 0.343 e. The molecular formula is C32H23ClN2O4. The molecule has 0 bridgehead atoms. The van der Waals surface area contributed by atoms with Gasteiger partial charge in [-0.25, -0.2) is 10.2 Å². The number of hydrogen-bond donors (Lipinski definition) is 1. The third-order valence-corrected chi connectivity index (χ3v) is 6.18. The molecule has 0 aliphatic rings. The van der Waals surface area contributed by atoms with Gasteiger partial charge in [0, 0.05) is 10.6 Å². The standard InChI is InChI=1S/C32H23ClN2O4/c33-26-15-10-25(11-16-26)32(37)39-30-19-14-24-8-4-5-9-28(24)29(30)20-34-35-31(36)21-38-27-17-12-23(13-18-27)22-6-2-1-3-7-22/h1-20H,21H2,(H,35,36)/b34-20+. The SMILES string of the molecule is O=C(COc1ccc(-c2ccccc2)cc1)N/N=C/c1c(OC(=O)c2ccc(Cl)cc2)ccc2ccccc12. The highest BCUT2D eigenvalue weighted by atomic mass is 35.5. The Hall–Kier alpha value is -4.94. The van der Waals surface area contributed by atoms with Crippen molar-refractivity contribution in [2.45, 2.75) is 0 Å². The maximum atomic E-state index is 12.7. The molecule has 0 heterocycles. The Morgan fingerprint density at radius 3 is 2.23 bits per heavy atom. The summed E-state index contributed by atoms with van der Waals surface area (Å²) in [7, 11) is 0. The number of esters is 1. The summed E-state index contributed by atoms with van der Waals surface area (Å²) in [5.41, 5.74) is 5.54. The third-order valence-electron chi connectivity index (χ3n) is 5.93. The van der Waals surface area contributed by atoms with Crippen molar-refractivity contribution in [2.75, 3.05) is 6.61 Å². The van der Waals surface area contributed by atoms with Gasteiger partial charge in [0.1, 0.15) is 11.5 Å². The van der Waals surface area contributed by atoms with Gasteiger partial charge in [-0.1, -0.05) is 84.4 Å². The largest absolute Gasteiger partial charge is 0.484 e. The summed E-state index contributed by atoms with van der Waals surface area (Å²) in [5.74, 6) is -0.0914. The van der Waals surface area contributed by atoms with Crippen molar-refractivity contribution in [3.05, 3.63) is 131 Å². The number of benzene rings is 5. The molecule has 192 valence electrons. The molecule has 0 aliphatic carbocycles. The van der Waals surface area contributed by atoms with Crippen molar-refractivity contribution in [3.63, 3.8) is 0 Å². The number of halogens is 1. The molecule has 7 heteroatoms. The molecule has 0 radical (unpaired) electrons. The van der Waals surface area contributed by atoms with Crippen molar-refractivity contribution in [1.82, 2.24) is 5.43 Å². The highest BCUT2D eigenvalue weighted by molar-refractivity contribution is 6.30. The van der Waals surface area contributed by atoms with E-state index in [0.717, 1.165) is 21.9 Å². The van der Waals surface area contributed by atoms with E-state index >= 15 is 0 Å². The molecule has 0 unspecified atom stereocenters. The summed E-state index contributed by atoms with van der Waals surface area (Å²) < 4.78 is 11.3. The van der Waals surface area contributed by atoms with E-state index in [-0.39, 0.29) is 6.61 Å². The second-order valence-corrected chi connectivity index (χ2v) is 9.00. The lowest BCUT2D eigenvalue weighted by Gasteiger charge is -2.11. The summed E-state index contributed by atoms with van der Waals surface area (Å²) in [6.07, 6.45) is 1.46. The quantitative estimate of drug-likeness (QED) is 0.102. The molecule has 1 N–H and O–H groups in total. The molecule has 0 spiro atoms. The summed E-state index contributed by atoms with van der Waals surface area (Å²) in [6.45, 7) is -0.212. The van der Waals surface area contributed by atoms with Crippen LogP contribution in [0.2, 0.25) is 5.02 Å². The van der Waals surface area contributed by atoms with E-state index in [2.05, 4.69) is 10.5 Å². The zero-order chi connectivity index (χ0) is 27.0. The van der Waals surface area contributed by atoms with Crippen LogP contribution in [0.4, 0.5) is 0 Å². The fourth-order valence-electron chi connectivity index (χ4n) is 3.97. The van der Waals surface area contributed by atoms with Crippen LogP contribution in [0.5, 0.6) is 11.5 Å². The molecular weight excluding hydrogens is 512 g/mol. The Labute approximate surface area is 230 Å². The number of amides is 1. The Morgan fingerprint density at radius 1 is 0.769 bits per heavy atom. The van der Waals surface area contributed by atoms with E-state index < -0.39 is 11.9 Å². The van der Waals surface area contributed by atoms with E-state index in [1.165, 1.54) is 6.21 Å². The predicted octanol–water partition coefficient (Wildman–Crippen LogP) is 6.91. The van der Waals surface area contributed by atoms with E-state index in [1.54, 1.807) is 30.3 Å². The van der Waals surface area contributed by atoms with E-state index in [4.69, 9.17) is 21.1 Å². The first kappa shape index (κ1) is 25.7. The molecule has 39 heavy (non-hydrogen) atoms. The highest BCUT2D eigenvalue weighted by Crippen LogP contribution is 2.28. The Balaban J connectivity index is 1.25. The molecule has 0 saturated heterocycles. The summed E-state index contributed by atoms with van der Waals surface area (Å²) in [6, 6.07) is 35.1. The van der Waals surface area contributed by atoms with Gasteiger partial charge in [0.25, 0.3) is 5.91 Å². The first-order chi connectivity index (χ1) is 19.1. The molecule has 0 aliphatic heterocycles. The molecule has 6 nitrogen and oxygen atoms in total. The van der Waals surface area contributed by atoms with Crippen LogP contribution in [0.1, 0.15) is 15.9 Å². The second-order valence-electron chi connectivity index (χ2n) is 8.57. The monoisotopic (exact) mass is 534 g/mol. The minimum atomic E-state index is -0.535. The van der Waals surface area contributed by atoms with Crippen LogP contribution < -0.4 is 14.9 Å². The topological polar surface area (TPSA) is 77.0 Å². The number of carbonyl (C=O) groups excluding carboxylic acids is 2. The maximum absolute atomic E-state index is 12.7. The van der Waals surface area contributed by atoms with Gasteiger partial charge in [0.05, 0.1) is 11.8 Å². The number of ether oxygens (including phenoxy) is 2. The molecule has 5 aromatic rings. The van der Waals surface area contributed by atoms with Crippen LogP contribution in [0, 0.1) is 0 Å². The third kappa shape index (κ3) is 6.50. The molecule has 1 amide bonds. The lowest BCUT2D eigenvalue weighted by Crippen LogP contribution is -2.24. The van der Waals surface area contributed by atoms with Gasteiger partial charge in [-0.3, -0.25) is 4.79 Å². The lowest BCUT2D eigenvalue weighted by molar-refractivity contribution is -0.123. The van der Waals surface area contributed by atoms with Crippen LogP contribution in [-0.4, -0.2) is 24.7 Å². The number of carbonyl (C=O) groups is 2. The van der Waals surface area contributed by atoms with Crippen molar-refractivity contribution in [2.24, 2.45) is 5.10 Å². The van der Waals surface area contributed by atoms with Crippen molar-refractivity contribution < 1.29 is 19.1 Å². The fourth-order valence-corrected chi connectivity index (χ4v) is 4.09. The number of nitrogens with one attached hydrogen (secondary N) is 1. The van der Waals surface area contributed by atoms with Gasteiger partial charge in [0.15, 0.2) is 6.61 Å². The summed E-state index contributed by atoms with van der Waals surface area (Å²) in [5, 5.41) is 6.36. The van der Waals surface area contributed by atoms with E-state index in [1.807, 2.05) is 84.9 Å². The molecule has 0 atom stereocenters. The maximum Gasteiger partial charge on any atom is 0.343 e. The average Bonchev–Trinajstić information content (AvgIpc) is 2.98. The van der Waals surface area contributed by atoms with Crippen molar-refractivity contribution in [1.29, 1.82) is 0 Å². The Kier molecular flexibility index (Phi) is 7.95. The van der Waals surface area contributed by atoms with E-state index in [0.29, 0.717) is 27.6 Å². The Morgan fingerprint density at radius 2 is 1.46 bits per heavy atom. The van der Waals surface area contributed by atoms with Gasteiger partial charge in [-0.2, -0.15) is 5.10 Å². The normalized spacial score (nSPS) is 10.9. The summed E-state index contributed by atoms with van der Waals surface area (Å²) >= 11 is 5.92. The van der Waals surface area contributed by atoms with Crippen LogP contribution in [0.25, 0.3) is 21.9 Å². The Bertz CT molecular complexity index is 1630. The van der Waals surface area contributed by atoms with Crippen molar-refractivity contribution >= 4 is 40.5 Å². The molecule has 5 aromatic carbocycles. The van der Waals surface area contributed by atoms with Gasteiger partial charge >= 0.3 is 5.97 Å². The molecule has 0 saturated carbocycles. The number of rotatable bonds is 8. The highest BCUT2D eigenvalue weighted by Gasteiger charge is 2.14. The summed E-state index contributed by atoms with van der Waals surface area (Å²) in [4.78, 5) is 25.1. The van der Waals surface area contributed by atoms with Crippen LogP contribution in [-0.2, 0) is 4.79 Å². The van der Waals surface area contributed by atoms with Gasteiger partial charge in [0.2, 0.25) is 0 Å². The first-order valence-electron chi connectivity index (χ1n) is 12.2. The first-order valence-corrected chi connectivity index (χ1v) is 12.5. The zero-order valence-electron chi connectivity index (χ0n) is 20.7. The molecule has 0 fully saturated rings. The number of hydrazone groups is 1. The second kappa shape index (κ2) is 12.1. The van der Waals surface area contributed by atoms with Crippen LogP contribution in [0.3, 0.4) is 0 Å². The minimum absolute atomic E-state index is 0.212. The van der Waals surface area contributed by atoms with Crippen molar-refractivity contribution in [3.8, 4) is 22.6 Å². The number of fused-ring (bicyclic) bond motifs is 1. The van der Waals surface area contributed by atoms with Gasteiger partial charge in [-0.15, -0.1) is 0 Å². The fraction of sp³-hybridized carbons (Fsp3) is 0.0312.